The number of H-pyrrole nitrogens is 1. The van der Waals surface area contributed by atoms with Crippen molar-refractivity contribution in [2.75, 3.05) is 64.5 Å². The Labute approximate surface area is 243 Å². The summed E-state index contributed by atoms with van der Waals surface area (Å²) in [7, 11) is 5.85. The molecule has 1 fully saturated rings. The second-order valence-electron chi connectivity index (χ2n) is 10.6. The lowest BCUT2D eigenvalue weighted by Crippen LogP contribution is -2.39. The number of hydrogen-bond donors (Lipinski definition) is 3. The molecule has 3 aromatic heterocycles. The van der Waals surface area contributed by atoms with Crippen molar-refractivity contribution in [1.82, 2.24) is 39.5 Å². The standard InChI is InChI=1S/C28H36N10O2S/c1-19-16-24(33-32-19)30-26-23-6-5-12-38(23)34-28(31-26)41-22-9-7-21(8-10-22)29-25(39)18-37-13-11-20(17-37)27(40)36(4)15-14-35(2)3/h5-10,12,16,20H,11,13-15,17-18H2,1-4H3,(H,29,39)(H2,30,31,32,33,34)/t20-/m0/s1. The molecule has 1 aliphatic rings. The monoisotopic (exact) mass is 576 g/mol. The van der Waals surface area contributed by atoms with E-state index in [0.717, 1.165) is 35.6 Å². The molecule has 41 heavy (non-hydrogen) atoms. The van der Waals surface area contributed by atoms with Gasteiger partial charge in [0.15, 0.2) is 11.6 Å². The third-order valence-electron chi connectivity index (χ3n) is 6.92. The average Bonchev–Trinajstić information content (AvgIpc) is 3.69. The van der Waals surface area contributed by atoms with Gasteiger partial charge < -0.3 is 20.4 Å². The zero-order valence-electron chi connectivity index (χ0n) is 23.8. The highest BCUT2D eigenvalue weighted by atomic mass is 32.2. The van der Waals surface area contributed by atoms with E-state index in [1.807, 2.05) is 81.6 Å². The van der Waals surface area contributed by atoms with Gasteiger partial charge >= 0.3 is 0 Å². The smallest absolute Gasteiger partial charge is 0.238 e. The van der Waals surface area contributed by atoms with Crippen LogP contribution in [0.25, 0.3) is 5.52 Å². The van der Waals surface area contributed by atoms with Gasteiger partial charge in [0.2, 0.25) is 17.0 Å². The summed E-state index contributed by atoms with van der Waals surface area (Å²) in [5.41, 5.74) is 2.51. The first kappa shape index (κ1) is 28.6. The van der Waals surface area contributed by atoms with Crippen molar-refractivity contribution in [2.45, 2.75) is 23.4 Å². The molecule has 0 saturated carbocycles. The fourth-order valence-electron chi connectivity index (χ4n) is 4.72. The Morgan fingerprint density at radius 1 is 1.15 bits per heavy atom. The quantitative estimate of drug-likeness (QED) is 0.247. The number of fused-ring (bicyclic) bond motifs is 1. The van der Waals surface area contributed by atoms with Gasteiger partial charge in [-0.15, -0.1) is 5.10 Å². The van der Waals surface area contributed by atoms with E-state index >= 15 is 0 Å². The molecular formula is C28H36N10O2S. The molecule has 0 aliphatic carbocycles. The van der Waals surface area contributed by atoms with E-state index in [1.165, 1.54) is 11.8 Å². The predicted molar refractivity (Wildman–Crippen MR) is 160 cm³/mol. The topological polar surface area (TPSA) is 127 Å². The largest absolute Gasteiger partial charge is 0.344 e. The van der Waals surface area contributed by atoms with Crippen LogP contribution >= 0.6 is 11.8 Å². The summed E-state index contributed by atoms with van der Waals surface area (Å²) < 4.78 is 1.78. The fraction of sp³-hybridized carbons (Fsp3) is 0.393. The number of carbonyl (C=O) groups excluding carboxylic acids is 2. The molecule has 12 nitrogen and oxygen atoms in total. The first-order valence-electron chi connectivity index (χ1n) is 13.6. The fourth-order valence-corrected chi connectivity index (χ4v) is 5.47. The number of likely N-dealkylation sites (N-methyl/N-ethyl adjacent to an activating group) is 2. The maximum absolute atomic E-state index is 12.8. The van der Waals surface area contributed by atoms with Crippen molar-refractivity contribution >= 4 is 46.4 Å². The zero-order chi connectivity index (χ0) is 28.9. The summed E-state index contributed by atoms with van der Waals surface area (Å²) in [6, 6.07) is 13.4. The van der Waals surface area contributed by atoms with Crippen LogP contribution < -0.4 is 10.6 Å². The van der Waals surface area contributed by atoms with Crippen LogP contribution in [-0.4, -0.2) is 105 Å². The minimum absolute atomic E-state index is 0.0571. The molecule has 0 spiro atoms. The van der Waals surface area contributed by atoms with E-state index in [4.69, 9.17) is 4.98 Å². The lowest BCUT2D eigenvalue weighted by atomic mass is 10.1. The number of aromatic nitrogens is 5. The Balaban J connectivity index is 1.14. The Hall–Kier alpha value is -3.94. The Morgan fingerprint density at radius 2 is 1.95 bits per heavy atom. The van der Waals surface area contributed by atoms with E-state index < -0.39 is 0 Å². The number of anilines is 3. The maximum atomic E-state index is 12.8. The highest BCUT2D eigenvalue weighted by molar-refractivity contribution is 7.99. The number of aromatic amines is 1. The van der Waals surface area contributed by atoms with Crippen molar-refractivity contribution in [3.05, 3.63) is 54.4 Å². The highest BCUT2D eigenvalue weighted by Gasteiger charge is 2.31. The molecule has 4 heterocycles. The second-order valence-corrected chi connectivity index (χ2v) is 11.6. The normalized spacial score (nSPS) is 15.5. The third kappa shape index (κ3) is 7.43. The number of hydrogen-bond acceptors (Lipinski definition) is 9. The van der Waals surface area contributed by atoms with E-state index in [2.05, 4.69) is 30.8 Å². The zero-order valence-corrected chi connectivity index (χ0v) is 24.6. The van der Waals surface area contributed by atoms with Crippen molar-refractivity contribution in [2.24, 2.45) is 5.92 Å². The average molecular weight is 577 g/mol. The number of benzene rings is 1. The van der Waals surface area contributed by atoms with E-state index in [1.54, 1.807) is 9.42 Å². The van der Waals surface area contributed by atoms with Gasteiger partial charge in [0.25, 0.3) is 0 Å². The summed E-state index contributed by atoms with van der Waals surface area (Å²) in [6.45, 7) is 5.08. The van der Waals surface area contributed by atoms with Gasteiger partial charge in [-0.25, -0.2) is 9.50 Å². The molecule has 5 rings (SSSR count). The number of likely N-dealkylation sites (tertiary alicyclic amines) is 1. The molecule has 2 amide bonds. The van der Waals surface area contributed by atoms with E-state index in [0.29, 0.717) is 35.6 Å². The van der Waals surface area contributed by atoms with Gasteiger partial charge in [-0.2, -0.15) is 5.10 Å². The van der Waals surface area contributed by atoms with Gasteiger partial charge in [-0.1, -0.05) is 0 Å². The predicted octanol–water partition coefficient (Wildman–Crippen LogP) is 2.94. The number of carbonyl (C=O) groups is 2. The van der Waals surface area contributed by atoms with Crippen LogP contribution in [0.4, 0.5) is 17.3 Å². The summed E-state index contributed by atoms with van der Waals surface area (Å²) in [5.74, 6) is 1.35. The lowest BCUT2D eigenvalue weighted by Gasteiger charge is -2.23. The van der Waals surface area contributed by atoms with Gasteiger partial charge in [-0.3, -0.25) is 19.6 Å². The van der Waals surface area contributed by atoms with Gasteiger partial charge in [0.05, 0.1) is 12.5 Å². The third-order valence-corrected chi connectivity index (χ3v) is 7.78. The van der Waals surface area contributed by atoms with Gasteiger partial charge in [-0.05, 0) is 82.1 Å². The van der Waals surface area contributed by atoms with Crippen LogP contribution in [0.1, 0.15) is 12.1 Å². The number of amides is 2. The van der Waals surface area contributed by atoms with Gasteiger partial charge in [0, 0.05) is 55.2 Å². The van der Waals surface area contributed by atoms with Crippen molar-refractivity contribution in [3.8, 4) is 0 Å². The Bertz CT molecular complexity index is 1500. The first-order chi connectivity index (χ1) is 19.7. The van der Waals surface area contributed by atoms with Crippen molar-refractivity contribution in [1.29, 1.82) is 0 Å². The summed E-state index contributed by atoms with van der Waals surface area (Å²) in [5, 5.41) is 18.6. The molecule has 1 atom stereocenters. The van der Waals surface area contributed by atoms with Crippen LogP contribution in [0.3, 0.4) is 0 Å². The summed E-state index contributed by atoms with van der Waals surface area (Å²) in [4.78, 5) is 37.0. The van der Waals surface area contributed by atoms with Crippen LogP contribution in [-0.2, 0) is 9.59 Å². The molecule has 3 N–H and O–H groups in total. The van der Waals surface area contributed by atoms with Gasteiger partial charge in [0.1, 0.15) is 5.52 Å². The van der Waals surface area contributed by atoms with Crippen LogP contribution in [0.2, 0.25) is 0 Å². The second kappa shape index (κ2) is 12.7. The molecule has 0 unspecified atom stereocenters. The minimum Gasteiger partial charge on any atom is -0.344 e. The first-order valence-corrected chi connectivity index (χ1v) is 14.4. The van der Waals surface area contributed by atoms with Crippen molar-refractivity contribution < 1.29 is 9.59 Å². The molecule has 13 heteroatoms. The summed E-state index contributed by atoms with van der Waals surface area (Å²) >= 11 is 1.43. The summed E-state index contributed by atoms with van der Waals surface area (Å²) in [6.07, 6.45) is 2.66. The molecule has 0 radical (unpaired) electrons. The maximum Gasteiger partial charge on any atom is 0.238 e. The van der Waals surface area contributed by atoms with Crippen LogP contribution in [0.5, 0.6) is 0 Å². The highest BCUT2D eigenvalue weighted by Crippen LogP contribution is 2.29. The Morgan fingerprint density at radius 3 is 2.68 bits per heavy atom. The molecule has 1 saturated heterocycles. The molecular weight excluding hydrogens is 540 g/mol. The Kier molecular flexibility index (Phi) is 8.86. The molecule has 1 aromatic carbocycles. The van der Waals surface area contributed by atoms with Crippen LogP contribution in [0, 0.1) is 12.8 Å². The SMILES string of the molecule is Cc1cc(Nc2nc(Sc3ccc(NC(=O)CN4CC[C@H](C(=O)N(C)CCN(C)C)C4)cc3)nn3cccc23)n[nH]1. The minimum atomic E-state index is -0.0924. The number of aryl methyl sites for hydroxylation is 1. The molecule has 0 bridgehead atoms. The molecule has 216 valence electrons. The van der Waals surface area contributed by atoms with Crippen molar-refractivity contribution in [3.63, 3.8) is 0 Å². The number of nitrogens with zero attached hydrogens (tertiary/aromatic N) is 7. The van der Waals surface area contributed by atoms with Crippen LogP contribution in [0.15, 0.2) is 58.7 Å². The number of rotatable bonds is 11. The molecule has 1 aliphatic heterocycles. The number of nitrogens with one attached hydrogen (secondary N) is 3. The van der Waals surface area contributed by atoms with E-state index in [9.17, 15) is 9.59 Å². The molecule has 4 aromatic rings. The van der Waals surface area contributed by atoms with E-state index in [-0.39, 0.29) is 24.3 Å². The lowest BCUT2D eigenvalue weighted by molar-refractivity contribution is -0.134.